The van der Waals surface area contributed by atoms with Gasteiger partial charge in [-0.1, -0.05) is 0 Å². The molecule has 2 unspecified atom stereocenters. The van der Waals surface area contributed by atoms with Gasteiger partial charge in [0.05, 0.1) is 18.5 Å². The van der Waals surface area contributed by atoms with Crippen LogP contribution in [0.25, 0.3) is 0 Å². The molecule has 1 saturated heterocycles. The van der Waals surface area contributed by atoms with Crippen LogP contribution in [0.4, 0.5) is 0 Å². The Labute approximate surface area is 85.1 Å². The fourth-order valence-electron chi connectivity index (χ4n) is 2.33. The van der Waals surface area contributed by atoms with Crippen LogP contribution in [-0.2, 0) is 4.74 Å². The summed E-state index contributed by atoms with van der Waals surface area (Å²) in [5.41, 5.74) is 0.390. The Morgan fingerprint density at radius 2 is 2.50 bits per heavy atom. The highest BCUT2D eigenvalue weighted by molar-refractivity contribution is 5.17. The first-order chi connectivity index (χ1) is 6.71. The number of aliphatic hydroxyl groups is 1. The third kappa shape index (κ3) is 1.79. The lowest BCUT2D eigenvalue weighted by molar-refractivity contribution is 0.0303. The molecule has 2 N–H and O–H groups in total. The zero-order valence-corrected chi connectivity index (χ0v) is 8.75. The molecular formula is C11H19NO2. The minimum Gasteiger partial charge on any atom is -0.501 e. The molecule has 2 aliphatic heterocycles. The van der Waals surface area contributed by atoms with E-state index in [0.717, 1.165) is 44.5 Å². The van der Waals surface area contributed by atoms with Gasteiger partial charge >= 0.3 is 0 Å². The van der Waals surface area contributed by atoms with Gasteiger partial charge in [0.2, 0.25) is 0 Å². The molecule has 80 valence electrons. The molecule has 0 aliphatic carbocycles. The molecular weight excluding hydrogens is 178 g/mol. The summed E-state index contributed by atoms with van der Waals surface area (Å²) in [5.74, 6) is 0.343. The lowest BCUT2D eigenvalue weighted by Crippen LogP contribution is -2.38. The number of hydrogen-bond acceptors (Lipinski definition) is 3. The van der Waals surface area contributed by atoms with Crippen molar-refractivity contribution in [3.63, 3.8) is 0 Å². The Hall–Kier alpha value is -0.540. The second-order valence-corrected chi connectivity index (χ2v) is 4.45. The largest absolute Gasteiger partial charge is 0.501 e. The normalized spacial score (nSPS) is 31.9. The van der Waals surface area contributed by atoms with Crippen molar-refractivity contribution in [2.45, 2.75) is 31.8 Å². The van der Waals surface area contributed by atoms with Gasteiger partial charge in [-0.25, -0.2) is 0 Å². The lowest BCUT2D eigenvalue weighted by Gasteiger charge is -2.33. The Balaban J connectivity index is 2.08. The SMILES string of the molecule is CC(O)(C1=COCCC1)C1CCNC1. The fraction of sp³-hybridized carbons (Fsp3) is 0.818. The van der Waals surface area contributed by atoms with Gasteiger partial charge in [-0.3, -0.25) is 0 Å². The van der Waals surface area contributed by atoms with Gasteiger partial charge in [0, 0.05) is 12.5 Å². The minimum atomic E-state index is -0.677. The molecule has 3 nitrogen and oxygen atoms in total. The summed E-state index contributed by atoms with van der Waals surface area (Å²) in [4.78, 5) is 0. The average molecular weight is 197 g/mol. The van der Waals surface area contributed by atoms with Crippen LogP contribution in [-0.4, -0.2) is 30.4 Å². The maximum Gasteiger partial charge on any atom is 0.0901 e. The van der Waals surface area contributed by atoms with Crippen molar-refractivity contribution in [3.05, 3.63) is 11.8 Å². The van der Waals surface area contributed by atoms with Crippen LogP contribution in [0.3, 0.4) is 0 Å². The van der Waals surface area contributed by atoms with Gasteiger partial charge in [-0.2, -0.15) is 0 Å². The third-order valence-electron chi connectivity index (χ3n) is 3.44. The van der Waals surface area contributed by atoms with E-state index in [1.54, 1.807) is 6.26 Å². The van der Waals surface area contributed by atoms with E-state index in [1.807, 2.05) is 6.92 Å². The van der Waals surface area contributed by atoms with Crippen LogP contribution in [0.15, 0.2) is 11.8 Å². The first kappa shape index (κ1) is 9.99. The molecule has 2 aliphatic rings. The number of hydrogen-bond donors (Lipinski definition) is 2. The van der Waals surface area contributed by atoms with Crippen molar-refractivity contribution in [3.8, 4) is 0 Å². The maximum absolute atomic E-state index is 10.5. The van der Waals surface area contributed by atoms with Crippen molar-refractivity contribution >= 4 is 0 Å². The summed E-state index contributed by atoms with van der Waals surface area (Å²) < 4.78 is 5.29. The number of nitrogens with one attached hydrogen (secondary N) is 1. The fourth-order valence-corrected chi connectivity index (χ4v) is 2.33. The summed E-state index contributed by atoms with van der Waals surface area (Å²) in [5, 5.41) is 13.7. The first-order valence-electron chi connectivity index (χ1n) is 5.45. The highest BCUT2D eigenvalue weighted by Gasteiger charge is 2.37. The second-order valence-electron chi connectivity index (χ2n) is 4.45. The molecule has 0 aromatic heterocycles. The zero-order chi connectivity index (χ0) is 10.0. The van der Waals surface area contributed by atoms with E-state index < -0.39 is 5.60 Å². The van der Waals surface area contributed by atoms with Gasteiger partial charge < -0.3 is 15.2 Å². The second kappa shape index (κ2) is 3.91. The summed E-state index contributed by atoms with van der Waals surface area (Å²) >= 11 is 0. The first-order valence-corrected chi connectivity index (χ1v) is 5.45. The van der Waals surface area contributed by atoms with Gasteiger partial charge in [-0.05, 0) is 38.3 Å². The number of ether oxygens (including phenoxy) is 1. The molecule has 0 saturated carbocycles. The quantitative estimate of drug-likeness (QED) is 0.695. The standard InChI is InChI=1S/C11H19NO2/c1-11(13,9-4-5-12-7-9)10-3-2-6-14-8-10/h8-9,12-13H,2-7H2,1H3. The zero-order valence-electron chi connectivity index (χ0n) is 8.75. The van der Waals surface area contributed by atoms with Crippen molar-refractivity contribution < 1.29 is 9.84 Å². The van der Waals surface area contributed by atoms with E-state index in [1.165, 1.54) is 0 Å². The summed E-state index contributed by atoms with van der Waals surface area (Å²) in [6.07, 6.45) is 4.83. The van der Waals surface area contributed by atoms with E-state index in [0.29, 0.717) is 5.92 Å². The number of rotatable bonds is 2. The maximum atomic E-state index is 10.5. The highest BCUT2D eigenvalue weighted by Crippen LogP contribution is 2.33. The van der Waals surface area contributed by atoms with E-state index in [2.05, 4.69) is 5.32 Å². The van der Waals surface area contributed by atoms with Crippen molar-refractivity contribution in [1.29, 1.82) is 0 Å². The van der Waals surface area contributed by atoms with E-state index in [4.69, 9.17) is 4.74 Å². The molecule has 3 heteroatoms. The van der Waals surface area contributed by atoms with Gasteiger partial charge in [0.25, 0.3) is 0 Å². The average Bonchev–Trinajstić information content (AvgIpc) is 2.72. The van der Waals surface area contributed by atoms with Crippen molar-refractivity contribution in [1.82, 2.24) is 5.32 Å². The minimum absolute atomic E-state index is 0.343. The van der Waals surface area contributed by atoms with Gasteiger partial charge in [0.15, 0.2) is 0 Å². The monoisotopic (exact) mass is 197 g/mol. The van der Waals surface area contributed by atoms with Crippen LogP contribution in [0.5, 0.6) is 0 Å². The van der Waals surface area contributed by atoms with Gasteiger partial charge in [0.1, 0.15) is 0 Å². The summed E-state index contributed by atoms with van der Waals surface area (Å²) in [7, 11) is 0. The van der Waals surface area contributed by atoms with E-state index in [9.17, 15) is 5.11 Å². The summed E-state index contributed by atoms with van der Waals surface area (Å²) in [6, 6.07) is 0. The highest BCUT2D eigenvalue weighted by atomic mass is 16.5. The predicted octanol–water partition coefficient (Wildman–Crippen LogP) is 1.04. The van der Waals surface area contributed by atoms with Crippen LogP contribution in [0, 0.1) is 5.92 Å². The molecule has 2 heterocycles. The molecule has 2 atom stereocenters. The van der Waals surface area contributed by atoms with E-state index in [-0.39, 0.29) is 0 Å². The molecule has 0 aromatic rings. The Morgan fingerprint density at radius 3 is 3.07 bits per heavy atom. The van der Waals surface area contributed by atoms with Gasteiger partial charge in [-0.15, -0.1) is 0 Å². The summed E-state index contributed by atoms with van der Waals surface area (Å²) in [6.45, 7) is 4.66. The molecule has 2 rings (SSSR count). The lowest BCUT2D eigenvalue weighted by atomic mass is 9.80. The molecule has 1 fully saturated rings. The molecule has 0 radical (unpaired) electrons. The molecule has 14 heavy (non-hydrogen) atoms. The van der Waals surface area contributed by atoms with E-state index >= 15 is 0 Å². The topological polar surface area (TPSA) is 41.5 Å². The Kier molecular flexibility index (Phi) is 2.79. The third-order valence-corrected chi connectivity index (χ3v) is 3.44. The van der Waals surface area contributed by atoms with Crippen LogP contribution in [0.1, 0.15) is 26.2 Å². The van der Waals surface area contributed by atoms with Crippen LogP contribution in [0.2, 0.25) is 0 Å². The van der Waals surface area contributed by atoms with Crippen molar-refractivity contribution in [2.75, 3.05) is 19.7 Å². The van der Waals surface area contributed by atoms with Crippen LogP contribution >= 0.6 is 0 Å². The molecule has 0 aromatic carbocycles. The smallest absolute Gasteiger partial charge is 0.0901 e. The molecule has 0 amide bonds. The Bertz CT molecular complexity index is 229. The van der Waals surface area contributed by atoms with Crippen LogP contribution < -0.4 is 5.32 Å². The molecule has 0 spiro atoms. The predicted molar refractivity (Wildman–Crippen MR) is 54.9 cm³/mol. The Morgan fingerprint density at radius 1 is 1.64 bits per heavy atom. The van der Waals surface area contributed by atoms with Crippen molar-refractivity contribution in [2.24, 2.45) is 5.92 Å². The molecule has 0 bridgehead atoms.